The number of nitrogens with one attached hydrogen (secondary N) is 1. The highest BCUT2D eigenvalue weighted by atomic mass is 16.5. The van der Waals surface area contributed by atoms with Gasteiger partial charge in [-0.1, -0.05) is 13.3 Å². The fourth-order valence-electron chi connectivity index (χ4n) is 4.11. The number of likely N-dealkylation sites (N-methyl/N-ethyl adjacent to an activating group) is 1. The predicted octanol–water partition coefficient (Wildman–Crippen LogP) is 3.19. The minimum Gasteiger partial charge on any atom is -0.372 e. The van der Waals surface area contributed by atoms with Crippen LogP contribution in [0.1, 0.15) is 64.7 Å². The number of rotatable bonds is 7. The first kappa shape index (κ1) is 15.8. The van der Waals surface area contributed by atoms with Gasteiger partial charge in [0, 0.05) is 25.2 Å². The number of nitrogens with zero attached hydrogens (tertiary/aromatic N) is 1. The molecule has 0 bridgehead atoms. The van der Waals surface area contributed by atoms with E-state index >= 15 is 0 Å². The number of hydrogen-bond donors (Lipinski definition) is 1. The lowest BCUT2D eigenvalue weighted by molar-refractivity contribution is 0.0153. The van der Waals surface area contributed by atoms with Crippen LogP contribution in [0.25, 0.3) is 0 Å². The fraction of sp³-hybridized carbons (Fsp3) is 1.00. The second-order valence-electron chi connectivity index (χ2n) is 7.66. The van der Waals surface area contributed by atoms with Gasteiger partial charge in [0.15, 0.2) is 0 Å². The molecule has 3 heteroatoms. The summed E-state index contributed by atoms with van der Waals surface area (Å²) in [4.78, 5) is 2.59. The van der Waals surface area contributed by atoms with Crippen LogP contribution in [0, 0.1) is 5.92 Å². The quantitative estimate of drug-likeness (QED) is 0.780. The topological polar surface area (TPSA) is 24.5 Å². The molecule has 0 amide bonds. The summed E-state index contributed by atoms with van der Waals surface area (Å²) in [5.41, 5.74) is 0. The van der Waals surface area contributed by atoms with Crippen molar-refractivity contribution >= 4 is 0 Å². The summed E-state index contributed by atoms with van der Waals surface area (Å²) in [5.74, 6) is 0.996. The molecule has 21 heavy (non-hydrogen) atoms. The lowest BCUT2D eigenvalue weighted by Crippen LogP contribution is -2.40. The van der Waals surface area contributed by atoms with Gasteiger partial charge in [-0.05, 0) is 64.3 Å². The number of ether oxygens (including phenoxy) is 1. The summed E-state index contributed by atoms with van der Waals surface area (Å²) in [5, 5.41) is 3.61. The molecule has 1 heterocycles. The van der Waals surface area contributed by atoms with Crippen molar-refractivity contribution in [2.75, 3.05) is 20.1 Å². The van der Waals surface area contributed by atoms with E-state index in [1.54, 1.807) is 0 Å². The van der Waals surface area contributed by atoms with Crippen LogP contribution in [-0.4, -0.2) is 49.3 Å². The van der Waals surface area contributed by atoms with Crippen LogP contribution in [0.15, 0.2) is 0 Å². The molecule has 1 saturated heterocycles. The van der Waals surface area contributed by atoms with Crippen LogP contribution >= 0.6 is 0 Å². The largest absolute Gasteiger partial charge is 0.372 e. The lowest BCUT2D eigenvalue weighted by Gasteiger charge is -2.35. The molecule has 2 unspecified atom stereocenters. The Hall–Kier alpha value is -0.120. The standard InChI is InChI=1S/C18H34N2O/c1-3-14-4-8-16(9-5-14)20(2)13-18-11-10-17(21-18)12-19-15-6-7-15/h14-19H,3-13H2,1-2H3. The van der Waals surface area contributed by atoms with Crippen LogP contribution in [0.3, 0.4) is 0 Å². The smallest absolute Gasteiger partial charge is 0.0707 e. The molecule has 0 aromatic carbocycles. The number of hydrogen-bond acceptors (Lipinski definition) is 3. The zero-order chi connectivity index (χ0) is 14.7. The van der Waals surface area contributed by atoms with Crippen LogP contribution in [0.4, 0.5) is 0 Å². The van der Waals surface area contributed by atoms with Gasteiger partial charge in [-0.2, -0.15) is 0 Å². The van der Waals surface area contributed by atoms with Gasteiger partial charge in [-0.25, -0.2) is 0 Å². The van der Waals surface area contributed by atoms with E-state index in [0.717, 1.165) is 31.1 Å². The van der Waals surface area contributed by atoms with Gasteiger partial charge in [0.25, 0.3) is 0 Å². The van der Waals surface area contributed by atoms with Gasteiger partial charge in [0.05, 0.1) is 12.2 Å². The Morgan fingerprint density at radius 1 is 0.952 bits per heavy atom. The molecule has 3 fully saturated rings. The minimum absolute atomic E-state index is 0.472. The molecule has 1 N–H and O–H groups in total. The third-order valence-corrected chi connectivity index (χ3v) is 5.92. The van der Waals surface area contributed by atoms with E-state index in [1.807, 2.05) is 0 Å². The zero-order valence-electron chi connectivity index (χ0n) is 14.0. The van der Waals surface area contributed by atoms with E-state index in [4.69, 9.17) is 4.74 Å². The van der Waals surface area contributed by atoms with Gasteiger partial charge < -0.3 is 15.0 Å². The first-order valence-electron chi connectivity index (χ1n) is 9.33. The summed E-state index contributed by atoms with van der Waals surface area (Å²) in [6.07, 6.45) is 13.2. The maximum absolute atomic E-state index is 6.24. The lowest BCUT2D eigenvalue weighted by atomic mass is 9.84. The van der Waals surface area contributed by atoms with Crippen molar-refractivity contribution in [3.8, 4) is 0 Å². The normalized spacial score (nSPS) is 37.3. The van der Waals surface area contributed by atoms with E-state index in [1.165, 1.54) is 57.8 Å². The van der Waals surface area contributed by atoms with Gasteiger partial charge >= 0.3 is 0 Å². The van der Waals surface area contributed by atoms with Crippen molar-refractivity contribution in [2.24, 2.45) is 5.92 Å². The molecule has 0 aromatic rings. The predicted molar refractivity (Wildman–Crippen MR) is 87.6 cm³/mol. The van der Waals surface area contributed by atoms with E-state index in [0.29, 0.717) is 12.2 Å². The van der Waals surface area contributed by atoms with Crippen molar-refractivity contribution < 1.29 is 4.74 Å². The van der Waals surface area contributed by atoms with E-state index < -0.39 is 0 Å². The third kappa shape index (κ3) is 4.67. The van der Waals surface area contributed by atoms with Crippen LogP contribution in [-0.2, 0) is 4.74 Å². The maximum atomic E-state index is 6.24. The Bertz CT molecular complexity index is 310. The molecule has 0 aromatic heterocycles. The first-order chi connectivity index (χ1) is 10.2. The van der Waals surface area contributed by atoms with Crippen molar-refractivity contribution in [3.63, 3.8) is 0 Å². The van der Waals surface area contributed by atoms with Crippen molar-refractivity contribution in [3.05, 3.63) is 0 Å². The van der Waals surface area contributed by atoms with Gasteiger partial charge in [0.1, 0.15) is 0 Å². The molecule has 2 atom stereocenters. The first-order valence-corrected chi connectivity index (χ1v) is 9.33. The molecular weight excluding hydrogens is 260 g/mol. The maximum Gasteiger partial charge on any atom is 0.0707 e. The molecule has 0 spiro atoms. The highest BCUT2D eigenvalue weighted by molar-refractivity contribution is 4.85. The van der Waals surface area contributed by atoms with E-state index in [2.05, 4.69) is 24.2 Å². The molecule has 3 rings (SSSR count). The SMILES string of the molecule is CCC1CCC(N(C)CC2CCC(CNC3CC3)O2)CC1. The molecule has 2 aliphatic carbocycles. The Balaban J connectivity index is 1.34. The zero-order valence-corrected chi connectivity index (χ0v) is 14.0. The molecule has 3 aliphatic rings. The molecule has 122 valence electrons. The van der Waals surface area contributed by atoms with Crippen molar-refractivity contribution in [1.29, 1.82) is 0 Å². The molecule has 1 aliphatic heterocycles. The van der Waals surface area contributed by atoms with E-state index in [-0.39, 0.29) is 0 Å². The Morgan fingerprint density at radius 2 is 1.67 bits per heavy atom. The monoisotopic (exact) mass is 294 g/mol. The summed E-state index contributed by atoms with van der Waals surface area (Å²) < 4.78 is 6.24. The van der Waals surface area contributed by atoms with Crippen LogP contribution < -0.4 is 5.32 Å². The summed E-state index contributed by atoms with van der Waals surface area (Å²) in [7, 11) is 2.32. The summed E-state index contributed by atoms with van der Waals surface area (Å²) >= 11 is 0. The average molecular weight is 294 g/mol. The Labute approximate surface area is 130 Å². The molecular formula is C18H34N2O. The third-order valence-electron chi connectivity index (χ3n) is 5.92. The molecule has 3 nitrogen and oxygen atoms in total. The Morgan fingerprint density at radius 3 is 2.33 bits per heavy atom. The molecule has 0 radical (unpaired) electrons. The second kappa shape index (κ2) is 7.43. The van der Waals surface area contributed by atoms with Gasteiger partial charge in [-0.15, -0.1) is 0 Å². The highest BCUT2D eigenvalue weighted by Gasteiger charge is 2.30. The highest BCUT2D eigenvalue weighted by Crippen LogP contribution is 2.30. The fourth-order valence-corrected chi connectivity index (χ4v) is 4.11. The van der Waals surface area contributed by atoms with Crippen molar-refractivity contribution in [2.45, 2.75) is 89.0 Å². The summed E-state index contributed by atoms with van der Waals surface area (Å²) in [6, 6.07) is 1.61. The minimum atomic E-state index is 0.472. The van der Waals surface area contributed by atoms with Gasteiger partial charge in [0.2, 0.25) is 0 Å². The van der Waals surface area contributed by atoms with Crippen LogP contribution in [0.5, 0.6) is 0 Å². The summed E-state index contributed by atoms with van der Waals surface area (Å²) in [6.45, 7) is 4.56. The Kier molecular flexibility index (Phi) is 5.58. The van der Waals surface area contributed by atoms with Crippen molar-refractivity contribution in [1.82, 2.24) is 10.2 Å². The molecule has 2 saturated carbocycles. The van der Waals surface area contributed by atoms with Crippen LogP contribution in [0.2, 0.25) is 0 Å². The van der Waals surface area contributed by atoms with E-state index in [9.17, 15) is 0 Å². The average Bonchev–Trinajstić information content (AvgIpc) is 3.25. The van der Waals surface area contributed by atoms with Gasteiger partial charge in [-0.3, -0.25) is 0 Å². The second-order valence-corrected chi connectivity index (χ2v) is 7.66.